The Hall–Kier alpha value is -2.03. The van der Waals surface area contributed by atoms with Crippen molar-refractivity contribution in [2.45, 2.75) is 19.8 Å². The van der Waals surface area contributed by atoms with Crippen LogP contribution < -0.4 is 5.32 Å². The second-order valence-corrected chi connectivity index (χ2v) is 5.97. The molecule has 0 aliphatic carbocycles. The predicted octanol–water partition coefficient (Wildman–Crippen LogP) is 3.51. The Kier molecular flexibility index (Phi) is 4.09. The summed E-state index contributed by atoms with van der Waals surface area (Å²) in [6, 6.07) is 14.4. The van der Waals surface area contributed by atoms with Crippen LogP contribution in [0.2, 0.25) is 0 Å². The van der Waals surface area contributed by atoms with E-state index in [1.807, 2.05) is 29.2 Å². The maximum absolute atomic E-state index is 12.3. The number of anilines is 1. The lowest BCUT2D eigenvalue weighted by atomic mass is 10.0. The average Bonchev–Trinajstić information content (AvgIpc) is 2.52. The number of nitrogens with zero attached hydrogens (tertiary/aromatic N) is 1. The lowest BCUT2D eigenvalue weighted by Gasteiger charge is -2.31. The molecule has 1 aliphatic rings. The fraction of sp³-hybridized carbons (Fsp3) is 0.389. The van der Waals surface area contributed by atoms with Crippen molar-refractivity contribution in [3.8, 4) is 0 Å². The number of rotatable bonds is 3. The van der Waals surface area contributed by atoms with Crippen molar-refractivity contribution in [2.75, 3.05) is 25.0 Å². The number of benzene rings is 2. The van der Waals surface area contributed by atoms with Gasteiger partial charge >= 0.3 is 0 Å². The molecule has 110 valence electrons. The summed E-state index contributed by atoms with van der Waals surface area (Å²) < 4.78 is 0. The lowest BCUT2D eigenvalue weighted by Crippen LogP contribution is -2.41. The molecule has 1 heterocycles. The van der Waals surface area contributed by atoms with E-state index >= 15 is 0 Å². The number of amides is 1. The van der Waals surface area contributed by atoms with E-state index in [0.29, 0.717) is 12.5 Å². The quantitative estimate of drug-likeness (QED) is 0.934. The SMILES string of the molecule is CC1CCCN(C(=O)CNc2cccc3ccccc23)C1. The summed E-state index contributed by atoms with van der Waals surface area (Å²) in [7, 11) is 0. The third-order valence-electron chi connectivity index (χ3n) is 4.23. The van der Waals surface area contributed by atoms with Crippen molar-refractivity contribution in [3.05, 3.63) is 42.5 Å². The number of carbonyl (C=O) groups excluding carboxylic acids is 1. The van der Waals surface area contributed by atoms with Gasteiger partial charge in [-0.3, -0.25) is 4.79 Å². The van der Waals surface area contributed by atoms with Crippen molar-refractivity contribution in [1.29, 1.82) is 0 Å². The minimum absolute atomic E-state index is 0.203. The molecule has 2 aromatic rings. The van der Waals surface area contributed by atoms with Gasteiger partial charge in [0, 0.05) is 24.2 Å². The zero-order chi connectivity index (χ0) is 14.7. The Labute approximate surface area is 125 Å². The molecule has 1 atom stereocenters. The topological polar surface area (TPSA) is 32.3 Å². The summed E-state index contributed by atoms with van der Waals surface area (Å²) in [5, 5.41) is 5.67. The number of nitrogens with one attached hydrogen (secondary N) is 1. The van der Waals surface area contributed by atoms with E-state index in [9.17, 15) is 4.79 Å². The van der Waals surface area contributed by atoms with Crippen molar-refractivity contribution in [1.82, 2.24) is 4.90 Å². The number of piperidine rings is 1. The molecule has 2 aromatic carbocycles. The molecule has 0 spiro atoms. The van der Waals surface area contributed by atoms with Crippen LogP contribution in [0, 0.1) is 5.92 Å². The maximum atomic E-state index is 12.3. The first-order valence-electron chi connectivity index (χ1n) is 7.73. The molecule has 0 radical (unpaired) electrons. The van der Waals surface area contributed by atoms with Gasteiger partial charge in [-0.15, -0.1) is 0 Å². The molecule has 1 N–H and O–H groups in total. The van der Waals surface area contributed by atoms with Crippen LogP contribution >= 0.6 is 0 Å². The fourth-order valence-electron chi connectivity index (χ4n) is 3.08. The summed E-state index contributed by atoms with van der Waals surface area (Å²) in [6.07, 6.45) is 2.36. The van der Waals surface area contributed by atoms with Crippen molar-refractivity contribution < 1.29 is 4.79 Å². The minimum atomic E-state index is 0.203. The van der Waals surface area contributed by atoms with Gasteiger partial charge in [0.05, 0.1) is 6.54 Å². The molecular weight excluding hydrogens is 260 g/mol. The number of fused-ring (bicyclic) bond motifs is 1. The van der Waals surface area contributed by atoms with Crippen LogP contribution in [0.1, 0.15) is 19.8 Å². The smallest absolute Gasteiger partial charge is 0.241 e. The average molecular weight is 282 g/mol. The standard InChI is InChI=1S/C18H22N2O/c1-14-6-5-11-20(13-14)18(21)12-19-17-10-4-8-15-7-2-3-9-16(15)17/h2-4,7-10,14,19H,5-6,11-13H2,1H3. The van der Waals surface area contributed by atoms with Crippen LogP contribution in [0.25, 0.3) is 10.8 Å². The summed E-state index contributed by atoms with van der Waals surface area (Å²) in [4.78, 5) is 14.3. The number of carbonyl (C=O) groups is 1. The normalized spacial score (nSPS) is 18.7. The van der Waals surface area contributed by atoms with Crippen molar-refractivity contribution in [3.63, 3.8) is 0 Å². The molecule has 3 heteroatoms. The highest BCUT2D eigenvalue weighted by Crippen LogP contribution is 2.23. The van der Waals surface area contributed by atoms with E-state index in [1.165, 1.54) is 17.2 Å². The van der Waals surface area contributed by atoms with Crippen LogP contribution in [-0.2, 0) is 4.79 Å². The summed E-state index contributed by atoms with van der Waals surface area (Å²) >= 11 is 0. The number of hydrogen-bond acceptors (Lipinski definition) is 2. The van der Waals surface area contributed by atoms with Gasteiger partial charge < -0.3 is 10.2 Å². The number of likely N-dealkylation sites (tertiary alicyclic amines) is 1. The number of hydrogen-bond donors (Lipinski definition) is 1. The van der Waals surface area contributed by atoms with Crippen molar-refractivity contribution in [2.24, 2.45) is 5.92 Å². The zero-order valence-corrected chi connectivity index (χ0v) is 12.5. The Balaban J connectivity index is 1.67. The Morgan fingerprint density at radius 3 is 2.90 bits per heavy atom. The van der Waals surface area contributed by atoms with Crippen LogP contribution in [0.4, 0.5) is 5.69 Å². The van der Waals surface area contributed by atoms with E-state index in [4.69, 9.17) is 0 Å². The second kappa shape index (κ2) is 6.17. The predicted molar refractivity (Wildman–Crippen MR) is 87.4 cm³/mol. The first kappa shape index (κ1) is 13.9. The molecule has 0 saturated carbocycles. The zero-order valence-electron chi connectivity index (χ0n) is 12.5. The molecule has 21 heavy (non-hydrogen) atoms. The molecule has 1 unspecified atom stereocenters. The molecule has 0 aromatic heterocycles. The van der Waals surface area contributed by atoms with Gasteiger partial charge in [-0.25, -0.2) is 0 Å². The minimum Gasteiger partial charge on any atom is -0.376 e. The van der Waals surface area contributed by atoms with Crippen molar-refractivity contribution >= 4 is 22.4 Å². The van der Waals surface area contributed by atoms with Gasteiger partial charge in [-0.1, -0.05) is 43.3 Å². The van der Waals surface area contributed by atoms with Gasteiger partial charge in [0.15, 0.2) is 0 Å². The maximum Gasteiger partial charge on any atom is 0.241 e. The third-order valence-corrected chi connectivity index (χ3v) is 4.23. The van der Waals surface area contributed by atoms with Gasteiger partial charge in [0.25, 0.3) is 0 Å². The van der Waals surface area contributed by atoms with Crippen LogP contribution in [0.3, 0.4) is 0 Å². The highest BCUT2D eigenvalue weighted by atomic mass is 16.2. The van der Waals surface area contributed by atoms with E-state index in [0.717, 1.165) is 25.2 Å². The fourth-order valence-corrected chi connectivity index (χ4v) is 3.08. The van der Waals surface area contributed by atoms with Crippen LogP contribution in [0.15, 0.2) is 42.5 Å². The third kappa shape index (κ3) is 3.18. The molecule has 1 fully saturated rings. The molecule has 1 saturated heterocycles. The molecular formula is C18H22N2O. The monoisotopic (exact) mass is 282 g/mol. The Bertz CT molecular complexity index is 633. The largest absolute Gasteiger partial charge is 0.376 e. The highest BCUT2D eigenvalue weighted by Gasteiger charge is 2.20. The van der Waals surface area contributed by atoms with Gasteiger partial charge in [-0.05, 0) is 30.2 Å². The second-order valence-electron chi connectivity index (χ2n) is 5.97. The highest BCUT2D eigenvalue weighted by molar-refractivity contribution is 5.95. The first-order valence-corrected chi connectivity index (χ1v) is 7.73. The summed E-state index contributed by atoms with van der Waals surface area (Å²) in [5.74, 6) is 0.828. The molecule has 1 amide bonds. The van der Waals surface area contributed by atoms with Crippen LogP contribution in [0.5, 0.6) is 0 Å². The molecule has 3 rings (SSSR count). The first-order chi connectivity index (χ1) is 10.2. The van der Waals surface area contributed by atoms with E-state index in [-0.39, 0.29) is 5.91 Å². The van der Waals surface area contributed by atoms with Gasteiger partial charge in [0.1, 0.15) is 0 Å². The van der Waals surface area contributed by atoms with Gasteiger partial charge in [0.2, 0.25) is 5.91 Å². The Morgan fingerprint density at radius 1 is 1.24 bits per heavy atom. The van der Waals surface area contributed by atoms with Gasteiger partial charge in [-0.2, -0.15) is 0 Å². The van der Waals surface area contributed by atoms with E-state index in [2.05, 4.69) is 30.4 Å². The Morgan fingerprint density at radius 2 is 2.05 bits per heavy atom. The molecule has 3 nitrogen and oxygen atoms in total. The summed E-state index contributed by atoms with van der Waals surface area (Å²) in [6.45, 7) is 4.40. The van der Waals surface area contributed by atoms with E-state index in [1.54, 1.807) is 0 Å². The lowest BCUT2D eigenvalue weighted by molar-refractivity contribution is -0.130. The van der Waals surface area contributed by atoms with Crippen LogP contribution in [-0.4, -0.2) is 30.4 Å². The molecule has 1 aliphatic heterocycles. The molecule has 0 bridgehead atoms. The van der Waals surface area contributed by atoms with E-state index < -0.39 is 0 Å². The summed E-state index contributed by atoms with van der Waals surface area (Å²) in [5.41, 5.74) is 1.03.